The van der Waals surface area contributed by atoms with Crippen LogP contribution in [0.2, 0.25) is 0 Å². The molecule has 4 nitrogen and oxygen atoms in total. The molecule has 0 saturated heterocycles. The van der Waals surface area contributed by atoms with Crippen molar-refractivity contribution in [1.82, 2.24) is 10.8 Å². The molecule has 0 bridgehead atoms. The first-order chi connectivity index (χ1) is 6.72. The second-order valence-electron chi connectivity index (χ2n) is 2.60. The van der Waals surface area contributed by atoms with E-state index in [2.05, 4.69) is 26.7 Å². The summed E-state index contributed by atoms with van der Waals surface area (Å²) in [6, 6.07) is 7.30. The van der Waals surface area contributed by atoms with Crippen molar-refractivity contribution in [3.05, 3.63) is 34.3 Å². The summed E-state index contributed by atoms with van der Waals surface area (Å²) in [6.07, 6.45) is 0. The molecule has 76 valence electrons. The molecule has 2 N–H and O–H groups in total. The molecular formula is C9H11BrN2O2. The Kier molecular flexibility index (Phi) is 4.42. The molecule has 2 amide bonds. The van der Waals surface area contributed by atoms with Crippen LogP contribution in [0.3, 0.4) is 0 Å². The molecule has 0 unspecified atom stereocenters. The molecule has 0 atom stereocenters. The number of hydrogen-bond acceptors (Lipinski definition) is 2. The van der Waals surface area contributed by atoms with Gasteiger partial charge in [0.25, 0.3) is 0 Å². The van der Waals surface area contributed by atoms with E-state index in [1.54, 1.807) is 0 Å². The van der Waals surface area contributed by atoms with E-state index in [0.717, 1.165) is 10.0 Å². The summed E-state index contributed by atoms with van der Waals surface area (Å²) in [5, 5.41) is 2.38. The number of carbonyl (C=O) groups is 1. The summed E-state index contributed by atoms with van der Waals surface area (Å²) in [6.45, 7) is 0.348. The minimum absolute atomic E-state index is 0.348. The Balaban J connectivity index is 2.31. The number of hydrogen-bond donors (Lipinski definition) is 2. The zero-order valence-electron chi connectivity index (χ0n) is 7.71. The zero-order valence-corrected chi connectivity index (χ0v) is 9.30. The first-order valence-electron chi connectivity index (χ1n) is 4.06. The van der Waals surface area contributed by atoms with Crippen LogP contribution in [0.4, 0.5) is 4.79 Å². The molecule has 1 aromatic rings. The molecule has 0 radical (unpaired) electrons. The smallest absolute Gasteiger partial charge is 0.338 e. The van der Waals surface area contributed by atoms with E-state index in [0.29, 0.717) is 6.61 Å². The molecule has 0 aliphatic rings. The second-order valence-corrected chi connectivity index (χ2v) is 3.51. The Morgan fingerprint density at radius 3 is 2.64 bits per heavy atom. The number of halogens is 1. The Labute approximate surface area is 90.7 Å². The lowest BCUT2D eigenvalue weighted by molar-refractivity contribution is 0.0497. The van der Waals surface area contributed by atoms with Crippen molar-refractivity contribution in [1.29, 1.82) is 0 Å². The first kappa shape index (κ1) is 11.0. The van der Waals surface area contributed by atoms with Crippen LogP contribution in [0.15, 0.2) is 28.7 Å². The normalized spacial score (nSPS) is 9.57. The Bertz CT molecular complexity index is 300. The van der Waals surface area contributed by atoms with Gasteiger partial charge in [0.1, 0.15) is 0 Å². The number of urea groups is 1. The van der Waals surface area contributed by atoms with Crippen LogP contribution in [-0.4, -0.2) is 13.1 Å². The summed E-state index contributed by atoms with van der Waals surface area (Å²) in [5.41, 5.74) is 3.22. The number of nitrogens with one attached hydrogen (secondary N) is 2. The van der Waals surface area contributed by atoms with E-state index in [1.165, 1.54) is 7.05 Å². The van der Waals surface area contributed by atoms with Crippen molar-refractivity contribution < 1.29 is 9.63 Å². The van der Waals surface area contributed by atoms with Crippen LogP contribution in [0, 0.1) is 0 Å². The molecule has 1 rings (SSSR count). The Morgan fingerprint density at radius 2 is 2.07 bits per heavy atom. The second kappa shape index (κ2) is 5.62. The Morgan fingerprint density at radius 1 is 1.43 bits per heavy atom. The van der Waals surface area contributed by atoms with E-state index in [-0.39, 0.29) is 6.03 Å². The van der Waals surface area contributed by atoms with Crippen molar-refractivity contribution in [3.8, 4) is 0 Å². The van der Waals surface area contributed by atoms with Gasteiger partial charge in [-0.05, 0) is 17.7 Å². The minimum Gasteiger partial charge on any atom is -0.339 e. The summed E-state index contributed by atoms with van der Waals surface area (Å²) >= 11 is 3.33. The number of hydroxylamine groups is 1. The molecular weight excluding hydrogens is 248 g/mol. The fraction of sp³-hybridized carbons (Fsp3) is 0.222. The van der Waals surface area contributed by atoms with E-state index in [9.17, 15) is 4.79 Å². The largest absolute Gasteiger partial charge is 0.339 e. The summed E-state index contributed by atoms with van der Waals surface area (Å²) in [4.78, 5) is 15.6. The third kappa shape index (κ3) is 3.76. The predicted octanol–water partition coefficient (Wildman–Crippen LogP) is 1.81. The molecule has 5 heteroatoms. The Hall–Kier alpha value is -1.07. The topological polar surface area (TPSA) is 50.4 Å². The van der Waals surface area contributed by atoms with Crippen LogP contribution in [-0.2, 0) is 11.4 Å². The third-order valence-electron chi connectivity index (χ3n) is 1.54. The number of benzene rings is 1. The highest BCUT2D eigenvalue weighted by Gasteiger charge is 1.96. The van der Waals surface area contributed by atoms with Crippen LogP contribution in [0.25, 0.3) is 0 Å². The first-order valence-corrected chi connectivity index (χ1v) is 4.85. The number of rotatable bonds is 3. The van der Waals surface area contributed by atoms with Gasteiger partial charge >= 0.3 is 6.03 Å². The zero-order chi connectivity index (χ0) is 10.4. The van der Waals surface area contributed by atoms with Gasteiger partial charge < -0.3 is 5.32 Å². The quantitative estimate of drug-likeness (QED) is 0.813. The van der Waals surface area contributed by atoms with E-state index in [1.807, 2.05) is 24.3 Å². The fourth-order valence-corrected chi connectivity index (χ4v) is 1.08. The molecule has 0 fully saturated rings. The van der Waals surface area contributed by atoms with Gasteiger partial charge in [-0.25, -0.2) is 10.3 Å². The lowest BCUT2D eigenvalue weighted by Crippen LogP contribution is -2.32. The number of amides is 2. The molecule has 0 saturated carbocycles. The maximum Gasteiger partial charge on any atom is 0.338 e. The van der Waals surface area contributed by atoms with Crippen molar-refractivity contribution in [3.63, 3.8) is 0 Å². The number of carbonyl (C=O) groups excluding carboxylic acids is 1. The molecule has 0 spiro atoms. The summed E-state index contributed by atoms with van der Waals surface area (Å²) in [5.74, 6) is 0. The van der Waals surface area contributed by atoms with Crippen LogP contribution >= 0.6 is 15.9 Å². The molecule has 0 heterocycles. The monoisotopic (exact) mass is 258 g/mol. The van der Waals surface area contributed by atoms with Crippen molar-refractivity contribution in [2.75, 3.05) is 7.05 Å². The average molecular weight is 259 g/mol. The lowest BCUT2D eigenvalue weighted by Gasteiger charge is -2.04. The summed E-state index contributed by atoms with van der Waals surface area (Å²) < 4.78 is 1.01. The molecule has 0 aliphatic heterocycles. The fourth-order valence-electron chi connectivity index (χ4n) is 0.817. The minimum atomic E-state index is -0.359. The average Bonchev–Trinajstić information content (AvgIpc) is 2.21. The predicted molar refractivity (Wildman–Crippen MR) is 56.5 cm³/mol. The van der Waals surface area contributed by atoms with Gasteiger partial charge in [0.15, 0.2) is 0 Å². The van der Waals surface area contributed by atoms with Crippen LogP contribution < -0.4 is 10.8 Å². The SMILES string of the molecule is CNC(=O)NOCc1ccc(Br)cc1. The highest BCUT2D eigenvalue weighted by Crippen LogP contribution is 2.10. The van der Waals surface area contributed by atoms with Gasteiger partial charge in [0, 0.05) is 11.5 Å². The van der Waals surface area contributed by atoms with E-state index in [4.69, 9.17) is 4.84 Å². The highest BCUT2D eigenvalue weighted by molar-refractivity contribution is 9.10. The highest BCUT2D eigenvalue weighted by atomic mass is 79.9. The van der Waals surface area contributed by atoms with Crippen LogP contribution in [0.5, 0.6) is 0 Å². The van der Waals surface area contributed by atoms with Gasteiger partial charge in [-0.1, -0.05) is 28.1 Å². The molecule has 0 aliphatic carbocycles. The standard InChI is InChI=1S/C9H11BrN2O2/c1-11-9(13)12-14-6-7-2-4-8(10)5-3-7/h2-5H,6H2,1H3,(H2,11,12,13). The van der Waals surface area contributed by atoms with Crippen molar-refractivity contribution in [2.24, 2.45) is 0 Å². The van der Waals surface area contributed by atoms with E-state index >= 15 is 0 Å². The summed E-state index contributed by atoms with van der Waals surface area (Å²) in [7, 11) is 1.53. The van der Waals surface area contributed by atoms with Gasteiger partial charge in [0.2, 0.25) is 0 Å². The maximum absolute atomic E-state index is 10.7. The van der Waals surface area contributed by atoms with Gasteiger partial charge in [-0.2, -0.15) is 0 Å². The van der Waals surface area contributed by atoms with Gasteiger partial charge in [0.05, 0.1) is 6.61 Å². The molecule has 1 aromatic carbocycles. The van der Waals surface area contributed by atoms with Gasteiger partial charge in [-0.3, -0.25) is 4.84 Å². The van der Waals surface area contributed by atoms with Crippen LogP contribution in [0.1, 0.15) is 5.56 Å². The third-order valence-corrected chi connectivity index (χ3v) is 2.07. The van der Waals surface area contributed by atoms with Gasteiger partial charge in [-0.15, -0.1) is 0 Å². The molecule has 0 aromatic heterocycles. The lowest BCUT2D eigenvalue weighted by atomic mass is 10.2. The maximum atomic E-state index is 10.7. The van der Waals surface area contributed by atoms with E-state index < -0.39 is 0 Å². The molecule has 14 heavy (non-hydrogen) atoms. The van der Waals surface area contributed by atoms with Crippen molar-refractivity contribution >= 4 is 22.0 Å². The van der Waals surface area contributed by atoms with Crippen molar-refractivity contribution in [2.45, 2.75) is 6.61 Å².